The van der Waals surface area contributed by atoms with Crippen LogP contribution in [0.25, 0.3) is 0 Å². The molecule has 0 radical (unpaired) electrons. The first-order chi connectivity index (χ1) is 11.2. The van der Waals surface area contributed by atoms with Crippen molar-refractivity contribution in [2.24, 2.45) is 10.2 Å². The van der Waals surface area contributed by atoms with E-state index in [1.54, 1.807) is 12.1 Å². The van der Waals surface area contributed by atoms with Gasteiger partial charge in [-0.05, 0) is 26.0 Å². The fourth-order valence-electron chi connectivity index (χ4n) is 1.88. The van der Waals surface area contributed by atoms with Crippen LogP contribution in [0.5, 0.6) is 5.75 Å². The summed E-state index contributed by atoms with van der Waals surface area (Å²) in [6, 6.07) is 5.34. The third kappa shape index (κ3) is 4.68. The zero-order chi connectivity index (χ0) is 16.7. The van der Waals surface area contributed by atoms with Crippen molar-refractivity contribution in [1.29, 1.82) is 0 Å². The van der Waals surface area contributed by atoms with E-state index in [1.165, 1.54) is 23.1 Å². The first-order valence-electron chi connectivity index (χ1n) is 7.07. The van der Waals surface area contributed by atoms with Crippen LogP contribution in [0.2, 0.25) is 0 Å². The standard InChI is InChI=1S/C15H17N5OS2/c1-4-9-22-15-19-18-14(23-15)17-16-12-8-7-11(10-13(12)21)20(5-2)6-3/h1,7-8,10,21H,5-6,9H2,2-3H3. The molecule has 1 heterocycles. The summed E-state index contributed by atoms with van der Waals surface area (Å²) in [6.07, 6.45) is 5.20. The van der Waals surface area contributed by atoms with Gasteiger partial charge in [-0.15, -0.1) is 26.8 Å². The van der Waals surface area contributed by atoms with Gasteiger partial charge in [0.1, 0.15) is 11.4 Å². The smallest absolute Gasteiger partial charge is 0.252 e. The number of anilines is 1. The van der Waals surface area contributed by atoms with Crippen molar-refractivity contribution >= 4 is 39.6 Å². The lowest BCUT2D eigenvalue weighted by atomic mass is 10.2. The minimum atomic E-state index is 0.0876. The highest BCUT2D eigenvalue weighted by atomic mass is 32.2. The monoisotopic (exact) mass is 347 g/mol. The van der Waals surface area contributed by atoms with E-state index in [4.69, 9.17) is 6.42 Å². The maximum atomic E-state index is 10.1. The van der Waals surface area contributed by atoms with Gasteiger partial charge in [0.25, 0.3) is 5.13 Å². The molecule has 6 nitrogen and oxygen atoms in total. The summed E-state index contributed by atoms with van der Waals surface area (Å²) in [5.41, 5.74) is 1.35. The molecule has 0 spiro atoms. The Morgan fingerprint density at radius 1 is 1.30 bits per heavy atom. The lowest BCUT2D eigenvalue weighted by Crippen LogP contribution is -2.21. The number of aromatic nitrogens is 2. The average molecular weight is 347 g/mol. The van der Waals surface area contributed by atoms with Gasteiger partial charge < -0.3 is 10.0 Å². The second kappa shape index (κ2) is 8.50. The molecule has 120 valence electrons. The minimum Gasteiger partial charge on any atom is -0.506 e. The Morgan fingerprint density at radius 3 is 2.74 bits per heavy atom. The number of azo groups is 1. The molecule has 1 aromatic heterocycles. The van der Waals surface area contributed by atoms with Crippen LogP contribution < -0.4 is 4.90 Å². The van der Waals surface area contributed by atoms with Gasteiger partial charge in [0.2, 0.25) is 0 Å². The number of rotatable bonds is 7. The molecule has 0 saturated carbocycles. The summed E-state index contributed by atoms with van der Waals surface area (Å²) in [5.74, 6) is 3.15. The molecule has 1 N–H and O–H groups in total. The van der Waals surface area contributed by atoms with Crippen LogP contribution in [0.1, 0.15) is 13.8 Å². The van der Waals surface area contributed by atoms with Crippen LogP contribution in [0, 0.1) is 12.3 Å². The summed E-state index contributed by atoms with van der Waals surface area (Å²) in [5, 5.41) is 26.4. The Kier molecular flexibility index (Phi) is 6.38. The van der Waals surface area contributed by atoms with E-state index in [2.05, 4.69) is 45.1 Å². The quantitative estimate of drug-likeness (QED) is 0.461. The van der Waals surface area contributed by atoms with E-state index in [-0.39, 0.29) is 5.75 Å². The van der Waals surface area contributed by atoms with Crippen molar-refractivity contribution in [3.05, 3.63) is 18.2 Å². The predicted molar refractivity (Wildman–Crippen MR) is 95.3 cm³/mol. The van der Waals surface area contributed by atoms with E-state index in [1.807, 2.05) is 6.07 Å². The minimum absolute atomic E-state index is 0.0876. The Labute approximate surface area is 143 Å². The van der Waals surface area contributed by atoms with E-state index in [0.717, 1.165) is 23.1 Å². The van der Waals surface area contributed by atoms with Crippen LogP contribution in [0.4, 0.5) is 16.5 Å². The largest absolute Gasteiger partial charge is 0.506 e. The van der Waals surface area contributed by atoms with Crippen molar-refractivity contribution < 1.29 is 5.11 Å². The van der Waals surface area contributed by atoms with E-state index < -0.39 is 0 Å². The second-order valence-electron chi connectivity index (χ2n) is 4.39. The van der Waals surface area contributed by atoms with Crippen molar-refractivity contribution in [3.63, 3.8) is 0 Å². The molecule has 1 aromatic carbocycles. The summed E-state index contributed by atoms with van der Waals surface area (Å²) in [6.45, 7) is 5.89. The maximum Gasteiger partial charge on any atom is 0.252 e. The van der Waals surface area contributed by atoms with Gasteiger partial charge in [-0.1, -0.05) is 29.0 Å². The zero-order valence-corrected chi connectivity index (χ0v) is 14.6. The molecule has 0 bridgehead atoms. The van der Waals surface area contributed by atoms with E-state index >= 15 is 0 Å². The van der Waals surface area contributed by atoms with Gasteiger partial charge in [-0.25, -0.2) is 0 Å². The Bertz CT molecular complexity index is 719. The molecule has 0 atom stereocenters. The van der Waals surface area contributed by atoms with Crippen LogP contribution in [-0.4, -0.2) is 34.1 Å². The fraction of sp³-hybridized carbons (Fsp3) is 0.333. The fourth-order valence-corrected chi connectivity index (χ4v) is 3.23. The molecular weight excluding hydrogens is 330 g/mol. The lowest BCUT2D eigenvalue weighted by Gasteiger charge is -2.21. The molecule has 8 heteroatoms. The average Bonchev–Trinajstić information content (AvgIpc) is 3.01. The number of hydrogen-bond donors (Lipinski definition) is 1. The number of phenols is 1. The number of aromatic hydroxyl groups is 1. The van der Waals surface area contributed by atoms with Gasteiger partial charge in [-0.2, -0.15) is 0 Å². The van der Waals surface area contributed by atoms with Crippen LogP contribution >= 0.6 is 23.1 Å². The molecule has 0 aliphatic rings. The zero-order valence-electron chi connectivity index (χ0n) is 12.9. The molecule has 2 aromatic rings. The summed E-state index contributed by atoms with van der Waals surface area (Å²) < 4.78 is 0.748. The van der Waals surface area contributed by atoms with Gasteiger partial charge in [0, 0.05) is 24.8 Å². The van der Waals surface area contributed by atoms with Gasteiger partial charge in [0.05, 0.1) is 5.75 Å². The van der Waals surface area contributed by atoms with Crippen LogP contribution in [-0.2, 0) is 0 Å². The number of phenolic OH excluding ortho intramolecular Hbond substituents is 1. The van der Waals surface area contributed by atoms with Crippen molar-refractivity contribution in [3.8, 4) is 18.1 Å². The summed E-state index contributed by atoms with van der Waals surface area (Å²) >= 11 is 2.74. The predicted octanol–water partition coefficient (Wildman–Crippen LogP) is 4.23. The second-order valence-corrected chi connectivity index (χ2v) is 6.57. The summed E-state index contributed by atoms with van der Waals surface area (Å²) in [7, 11) is 0. The number of benzene rings is 1. The molecule has 23 heavy (non-hydrogen) atoms. The Balaban J connectivity index is 2.10. The number of terminal acetylenes is 1. The van der Waals surface area contributed by atoms with Crippen LogP contribution in [0.3, 0.4) is 0 Å². The molecule has 2 rings (SSSR count). The number of nitrogens with zero attached hydrogens (tertiary/aromatic N) is 5. The number of thioether (sulfide) groups is 1. The highest BCUT2D eigenvalue weighted by Crippen LogP contribution is 2.33. The molecule has 0 aliphatic heterocycles. The van der Waals surface area contributed by atoms with Crippen molar-refractivity contribution in [1.82, 2.24) is 10.2 Å². The third-order valence-corrected chi connectivity index (χ3v) is 4.85. The summed E-state index contributed by atoms with van der Waals surface area (Å²) in [4.78, 5) is 2.14. The van der Waals surface area contributed by atoms with Gasteiger partial charge in [0.15, 0.2) is 4.34 Å². The van der Waals surface area contributed by atoms with E-state index in [0.29, 0.717) is 16.6 Å². The highest BCUT2D eigenvalue weighted by molar-refractivity contribution is 8.01. The SMILES string of the molecule is C#CCSc1nnc(N=Nc2ccc(N(CC)CC)cc2O)s1. The lowest BCUT2D eigenvalue weighted by molar-refractivity contribution is 0.476. The molecule has 0 unspecified atom stereocenters. The molecule has 0 saturated heterocycles. The number of hydrogen-bond acceptors (Lipinski definition) is 8. The first-order valence-corrected chi connectivity index (χ1v) is 8.87. The molecular formula is C15H17N5OS2. The Morgan fingerprint density at radius 2 is 2.09 bits per heavy atom. The third-order valence-electron chi connectivity index (χ3n) is 3.01. The first kappa shape index (κ1) is 17.2. The maximum absolute atomic E-state index is 10.1. The molecule has 0 amide bonds. The topological polar surface area (TPSA) is 74.0 Å². The van der Waals surface area contributed by atoms with Crippen molar-refractivity contribution in [2.75, 3.05) is 23.7 Å². The van der Waals surface area contributed by atoms with Crippen LogP contribution in [0.15, 0.2) is 32.8 Å². The normalized spacial score (nSPS) is 10.8. The van der Waals surface area contributed by atoms with Gasteiger partial charge >= 0.3 is 0 Å². The van der Waals surface area contributed by atoms with Crippen molar-refractivity contribution in [2.45, 2.75) is 18.2 Å². The van der Waals surface area contributed by atoms with Gasteiger partial charge in [-0.3, -0.25) is 0 Å². The Hall–Kier alpha value is -2.11. The van der Waals surface area contributed by atoms with E-state index in [9.17, 15) is 5.11 Å². The molecule has 0 aliphatic carbocycles. The molecule has 0 fully saturated rings. The highest BCUT2D eigenvalue weighted by Gasteiger charge is 2.07.